The van der Waals surface area contributed by atoms with E-state index in [0.29, 0.717) is 0 Å². The van der Waals surface area contributed by atoms with Crippen molar-refractivity contribution in [2.45, 2.75) is 50.5 Å². The SMILES string of the molecule is CC(C)(C)OC(=O)NC1CCN(CCSC(c2ccc(F)cc2)c2ccc(F)cc2)CC1. The zero-order valence-corrected chi connectivity index (χ0v) is 19.8. The van der Waals surface area contributed by atoms with Crippen LogP contribution in [0.25, 0.3) is 0 Å². The number of benzene rings is 2. The Morgan fingerprint density at radius 2 is 1.53 bits per heavy atom. The van der Waals surface area contributed by atoms with Crippen LogP contribution in [0.4, 0.5) is 13.6 Å². The summed E-state index contributed by atoms with van der Waals surface area (Å²) in [7, 11) is 0. The predicted octanol–water partition coefficient (Wildman–Crippen LogP) is 5.78. The second-order valence-electron chi connectivity index (χ2n) is 9.12. The van der Waals surface area contributed by atoms with E-state index in [2.05, 4.69) is 10.2 Å². The molecule has 4 nitrogen and oxygen atoms in total. The molecule has 2 aromatic rings. The highest BCUT2D eigenvalue weighted by atomic mass is 32.2. The maximum atomic E-state index is 13.4. The molecule has 0 unspecified atom stereocenters. The molecule has 1 aliphatic rings. The van der Waals surface area contributed by atoms with Crippen LogP contribution in [-0.2, 0) is 4.74 Å². The normalized spacial score (nSPS) is 15.7. The fourth-order valence-corrected chi connectivity index (χ4v) is 5.03. The maximum absolute atomic E-state index is 13.4. The van der Waals surface area contributed by atoms with Crippen molar-refractivity contribution < 1.29 is 18.3 Å². The number of carbonyl (C=O) groups excluding carboxylic acids is 1. The van der Waals surface area contributed by atoms with E-state index in [1.165, 1.54) is 24.3 Å². The average molecular weight is 463 g/mol. The summed E-state index contributed by atoms with van der Waals surface area (Å²) in [4.78, 5) is 14.4. The first-order valence-corrected chi connectivity index (χ1v) is 12.1. The Hall–Kier alpha value is -2.12. The topological polar surface area (TPSA) is 41.6 Å². The molecular formula is C25H32F2N2O2S. The first-order chi connectivity index (χ1) is 15.2. The fraction of sp³-hybridized carbons (Fsp3) is 0.480. The highest BCUT2D eigenvalue weighted by Gasteiger charge is 2.24. The number of nitrogens with zero attached hydrogens (tertiary/aromatic N) is 1. The van der Waals surface area contributed by atoms with E-state index in [1.807, 2.05) is 20.8 Å². The van der Waals surface area contributed by atoms with Gasteiger partial charge in [-0.05, 0) is 69.0 Å². The van der Waals surface area contributed by atoms with Gasteiger partial charge in [-0.15, -0.1) is 11.8 Å². The third-order valence-electron chi connectivity index (χ3n) is 5.35. The van der Waals surface area contributed by atoms with Crippen LogP contribution >= 0.6 is 11.8 Å². The van der Waals surface area contributed by atoms with Crippen molar-refractivity contribution in [2.75, 3.05) is 25.4 Å². The summed E-state index contributed by atoms with van der Waals surface area (Å²) in [6, 6.07) is 13.2. The van der Waals surface area contributed by atoms with Crippen LogP contribution in [0.3, 0.4) is 0 Å². The fourth-order valence-electron chi connectivity index (χ4n) is 3.73. The van der Waals surface area contributed by atoms with Crippen LogP contribution in [0.2, 0.25) is 0 Å². The molecule has 32 heavy (non-hydrogen) atoms. The lowest BCUT2D eigenvalue weighted by Gasteiger charge is -2.33. The molecule has 1 amide bonds. The Morgan fingerprint density at radius 3 is 2.00 bits per heavy atom. The molecule has 2 aromatic carbocycles. The lowest BCUT2D eigenvalue weighted by Crippen LogP contribution is -2.46. The highest BCUT2D eigenvalue weighted by Crippen LogP contribution is 2.36. The number of hydrogen-bond donors (Lipinski definition) is 1. The molecule has 0 radical (unpaired) electrons. The molecule has 0 bridgehead atoms. The quantitative estimate of drug-likeness (QED) is 0.567. The van der Waals surface area contributed by atoms with Crippen molar-refractivity contribution in [3.05, 3.63) is 71.3 Å². The summed E-state index contributed by atoms with van der Waals surface area (Å²) in [5.74, 6) is 0.364. The van der Waals surface area contributed by atoms with Crippen LogP contribution in [0.5, 0.6) is 0 Å². The van der Waals surface area contributed by atoms with Gasteiger partial charge in [0.25, 0.3) is 0 Å². The van der Waals surface area contributed by atoms with E-state index in [0.717, 1.165) is 49.4 Å². The van der Waals surface area contributed by atoms with E-state index in [9.17, 15) is 13.6 Å². The standard InChI is InChI=1S/C25H32F2N2O2S/c1-25(2,3)31-24(30)28-22-12-14-29(15-13-22)16-17-32-23(18-4-8-20(26)9-5-18)19-6-10-21(27)11-7-19/h4-11,22-23H,12-17H2,1-3H3,(H,28,30). The summed E-state index contributed by atoms with van der Waals surface area (Å²) in [5.41, 5.74) is 1.51. The number of amides is 1. The van der Waals surface area contributed by atoms with E-state index in [-0.39, 0.29) is 29.0 Å². The van der Waals surface area contributed by atoms with Gasteiger partial charge in [-0.3, -0.25) is 0 Å². The van der Waals surface area contributed by atoms with Crippen molar-refractivity contribution in [1.82, 2.24) is 10.2 Å². The smallest absolute Gasteiger partial charge is 0.407 e. The van der Waals surface area contributed by atoms with Crippen LogP contribution in [0.1, 0.15) is 50.0 Å². The molecule has 0 saturated carbocycles. The van der Waals surface area contributed by atoms with Crippen molar-refractivity contribution in [1.29, 1.82) is 0 Å². The number of alkyl carbamates (subject to hydrolysis) is 1. The average Bonchev–Trinajstić information content (AvgIpc) is 2.73. The van der Waals surface area contributed by atoms with Crippen LogP contribution < -0.4 is 5.32 Å². The van der Waals surface area contributed by atoms with Crippen molar-refractivity contribution in [3.63, 3.8) is 0 Å². The van der Waals surface area contributed by atoms with Crippen molar-refractivity contribution in [3.8, 4) is 0 Å². The number of carbonyl (C=O) groups is 1. The molecule has 1 fully saturated rings. The molecule has 1 heterocycles. The molecule has 7 heteroatoms. The van der Waals surface area contributed by atoms with E-state index < -0.39 is 5.60 Å². The van der Waals surface area contributed by atoms with E-state index >= 15 is 0 Å². The minimum Gasteiger partial charge on any atom is -0.444 e. The number of piperidine rings is 1. The monoisotopic (exact) mass is 462 g/mol. The summed E-state index contributed by atoms with van der Waals surface area (Å²) in [6.45, 7) is 8.33. The van der Waals surface area contributed by atoms with Gasteiger partial charge >= 0.3 is 6.09 Å². The van der Waals surface area contributed by atoms with Crippen molar-refractivity contribution >= 4 is 17.9 Å². The van der Waals surface area contributed by atoms with Gasteiger partial charge in [-0.1, -0.05) is 24.3 Å². The predicted molar refractivity (Wildman–Crippen MR) is 126 cm³/mol. The third kappa shape index (κ3) is 7.78. The number of thioether (sulfide) groups is 1. The zero-order valence-electron chi connectivity index (χ0n) is 18.9. The Kier molecular flexibility index (Phi) is 8.54. The Bertz CT molecular complexity index is 816. The second-order valence-corrected chi connectivity index (χ2v) is 10.3. The number of ether oxygens (including phenoxy) is 1. The number of rotatable bonds is 7. The van der Waals surface area contributed by atoms with Gasteiger partial charge in [0.05, 0.1) is 5.25 Å². The van der Waals surface area contributed by atoms with Gasteiger partial charge in [-0.25, -0.2) is 13.6 Å². The summed E-state index contributed by atoms with van der Waals surface area (Å²) in [5, 5.41) is 2.98. The number of nitrogens with one attached hydrogen (secondary N) is 1. The van der Waals surface area contributed by atoms with Gasteiger partial charge in [-0.2, -0.15) is 0 Å². The molecule has 1 saturated heterocycles. The first kappa shape index (κ1) is 24.5. The first-order valence-electron chi connectivity index (χ1n) is 11.0. The molecule has 1 aliphatic heterocycles. The highest BCUT2D eigenvalue weighted by molar-refractivity contribution is 7.99. The number of likely N-dealkylation sites (tertiary alicyclic amines) is 1. The summed E-state index contributed by atoms with van der Waals surface area (Å²) in [6.07, 6.45) is 1.43. The van der Waals surface area contributed by atoms with Crippen LogP contribution in [0.15, 0.2) is 48.5 Å². The van der Waals surface area contributed by atoms with Gasteiger partial charge in [0.1, 0.15) is 17.2 Å². The Balaban J connectivity index is 1.49. The van der Waals surface area contributed by atoms with Gasteiger partial charge in [0, 0.05) is 31.4 Å². The zero-order chi connectivity index (χ0) is 23.1. The minimum atomic E-state index is -0.492. The molecule has 3 rings (SSSR count). The van der Waals surface area contributed by atoms with Gasteiger partial charge in [0.2, 0.25) is 0 Å². The van der Waals surface area contributed by atoms with Crippen molar-refractivity contribution in [2.24, 2.45) is 0 Å². The second kappa shape index (κ2) is 11.1. The maximum Gasteiger partial charge on any atom is 0.407 e. The summed E-state index contributed by atoms with van der Waals surface area (Å²) >= 11 is 1.77. The lowest BCUT2D eigenvalue weighted by molar-refractivity contribution is 0.0480. The van der Waals surface area contributed by atoms with Gasteiger partial charge in [0.15, 0.2) is 0 Å². The van der Waals surface area contributed by atoms with E-state index in [1.54, 1.807) is 36.0 Å². The number of hydrogen-bond acceptors (Lipinski definition) is 4. The van der Waals surface area contributed by atoms with Gasteiger partial charge < -0.3 is 15.0 Å². The largest absolute Gasteiger partial charge is 0.444 e. The molecule has 0 spiro atoms. The molecule has 174 valence electrons. The number of halogens is 2. The van der Waals surface area contributed by atoms with Crippen LogP contribution in [0, 0.1) is 11.6 Å². The molecule has 1 N–H and O–H groups in total. The lowest BCUT2D eigenvalue weighted by atomic mass is 10.0. The van der Waals surface area contributed by atoms with E-state index in [4.69, 9.17) is 4.74 Å². The molecule has 0 atom stereocenters. The Morgan fingerprint density at radius 1 is 1.03 bits per heavy atom. The molecular weight excluding hydrogens is 430 g/mol. The molecule has 0 aliphatic carbocycles. The third-order valence-corrected chi connectivity index (χ3v) is 6.64. The van der Waals surface area contributed by atoms with Crippen LogP contribution in [-0.4, -0.2) is 48.0 Å². The summed E-state index contributed by atoms with van der Waals surface area (Å²) < 4.78 is 32.1. The Labute approximate surface area is 193 Å². The molecule has 0 aromatic heterocycles. The minimum absolute atomic E-state index is 0.0163.